The van der Waals surface area contributed by atoms with E-state index in [9.17, 15) is 5.26 Å². The molecule has 0 aromatic carbocycles. The Bertz CT molecular complexity index is 280. The molecule has 0 saturated heterocycles. The molecule has 0 aromatic heterocycles. The summed E-state index contributed by atoms with van der Waals surface area (Å²) in [5.74, 6) is 0.684. The van der Waals surface area contributed by atoms with Crippen molar-refractivity contribution in [2.24, 2.45) is 5.92 Å². The van der Waals surface area contributed by atoms with Gasteiger partial charge in [-0.1, -0.05) is 13.8 Å². The lowest BCUT2D eigenvalue weighted by atomic mass is 9.99. The molecular weight excluding hydrogens is 210 g/mol. The van der Waals surface area contributed by atoms with Gasteiger partial charge in [0.2, 0.25) is 0 Å². The van der Waals surface area contributed by atoms with Gasteiger partial charge in [-0.05, 0) is 46.1 Å². The van der Waals surface area contributed by atoms with Crippen LogP contribution in [0, 0.1) is 17.2 Å². The van der Waals surface area contributed by atoms with Crippen LogP contribution in [0.5, 0.6) is 0 Å². The molecule has 3 nitrogen and oxygen atoms in total. The van der Waals surface area contributed by atoms with Gasteiger partial charge in [0.15, 0.2) is 0 Å². The third-order valence-corrected chi connectivity index (χ3v) is 3.89. The summed E-state index contributed by atoms with van der Waals surface area (Å²) in [7, 11) is 1.91. The van der Waals surface area contributed by atoms with Crippen molar-refractivity contribution in [3.05, 3.63) is 0 Å². The number of hydrogen-bond acceptors (Lipinski definition) is 3. The lowest BCUT2D eigenvalue weighted by Crippen LogP contribution is -2.45. The summed E-state index contributed by atoms with van der Waals surface area (Å²) in [6.45, 7) is 10.2. The number of hydrogen-bond donors (Lipinski definition) is 1. The second kappa shape index (κ2) is 5.84. The van der Waals surface area contributed by atoms with Crippen molar-refractivity contribution in [3.63, 3.8) is 0 Å². The minimum Gasteiger partial charge on any atom is -0.302 e. The third-order valence-electron chi connectivity index (χ3n) is 3.89. The predicted molar refractivity (Wildman–Crippen MR) is 71.7 cm³/mol. The van der Waals surface area contributed by atoms with Crippen LogP contribution in [0.1, 0.15) is 47.0 Å². The van der Waals surface area contributed by atoms with Gasteiger partial charge >= 0.3 is 0 Å². The van der Waals surface area contributed by atoms with E-state index in [2.05, 4.69) is 44.0 Å². The molecule has 0 heterocycles. The topological polar surface area (TPSA) is 39.1 Å². The van der Waals surface area contributed by atoms with Crippen LogP contribution in [0.15, 0.2) is 0 Å². The number of nitrogens with one attached hydrogen (secondary N) is 1. The predicted octanol–water partition coefficient (Wildman–Crippen LogP) is 2.39. The fourth-order valence-electron chi connectivity index (χ4n) is 2.89. The minimum absolute atomic E-state index is 0.283. The van der Waals surface area contributed by atoms with E-state index in [1.54, 1.807) is 0 Å². The number of nitrogens with zero attached hydrogens (tertiary/aromatic N) is 2. The Hall–Kier alpha value is -0.590. The van der Waals surface area contributed by atoms with Gasteiger partial charge in [0.25, 0.3) is 0 Å². The first kappa shape index (κ1) is 14.5. The second-order valence-corrected chi connectivity index (χ2v) is 6.02. The molecule has 0 radical (unpaired) electrons. The highest BCUT2D eigenvalue weighted by Crippen LogP contribution is 2.33. The maximum Gasteiger partial charge on any atom is 0.108 e. The first-order chi connectivity index (χ1) is 7.94. The Kier molecular flexibility index (Phi) is 4.97. The maximum atomic E-state index is 9.31. The van der Waals surface area contributed by atoms with Crippen LogP contribution in [-0.2, 0) is 0 Å². The van der Waals surface area contributed by atoms with Crippen molar-refractivity contribution in [2.45, 2.75) is 64.6 Å². The van der Waals surface area contributed by atoms with Crippen LogP contribution in [-0.4, -0.2) is 36.1 Å². The van der Waals surface area contributed by atoms with Gasteiger partial charge in [0, 0.05) is 18.6 Å². The fourth-order valence-corrected chi connectivity index (χ4v) is 2.89. The minimum atomic E-state index is -0.283. The molecule has 0 spiro atoms. The molecule has 3 heteroatoms. The largest absolute Gasteiger partial charge is 0.302 e. The standard InChI is InChI=1S/C14H27N3/c1-11(2)9-17(12(3)4)13-6-7-14(8-13,10-15)16-5/h11-13,16H,6-9H2,1-5H3. The van der Waals surface area contributed by atoms with Crippen molar-refractivity contribution >= 4 is 0 Å². The summed E-state index contributed by atoms with van der Waals surface area (Å²) in [6, 6.07) is 3.59. The summed E-state index contributed by atoms with van der Waals surface area (Å²) in [5.41, 5.74) is -0.283. The third kappa shape index (κ3) is 3.43. The quantitative estimate of drug-likeness (QED) is 0.798. The van der Waals surface area contributed by atoms with E-state index in [-0.39, 0.29) is 5.54 Å². The Morgan fingerprint density at radius 2 is 2.06 bits per heavy atom. The second-order valence-electron chi connectivity index (χ2n) is 6.02. The number of nitriles is 1. The van der Waals surface area contributed by atoms with E-state index >= 15 is 0 Å². The summed E-state index contributed by atoms with van der Waals surface area (Å²) < 4.78 is 0. The number of rotatable bonds is 5. The monoisotopic (exact) mass is 237 g/mol. The molecule has 1 saturated carbocycles. The van der Waals surface area contributed by atoms with Gasteiger partial charge in [-0.25, -0.2) is 0 Å². The fraction of sp³-hybridized carbons (Fsp3) is 0.929. The molecule has 1 rings (SSSR count). The van der Waals surface area contributed by atoms with E-state index < -0.39 is 0 Å². The Labute approximate surface area is 106 Å². The van der Waals surface area contributed by atoms with E-state index in [4.69, 9.17) is 0 Å². The van der Waals surface area contributed by atoms with E-state index in [1.807, 2.05) is 7.05 Å². The van der Waals surface area contributed by atoms with Gasteiger partial charge in [0.05, 0.1) is 6.07 Å². The molecule has 98 valence electrons. The average Bonchev–Trinajstić information content (AvgIpc) is 2.70. The van der Waals surface area contributed by atoms with Gasteiger partial charge in [-0.2, -0.15) is 5.26 Å². The van der Waals surface area contributed by atoms with Crippen LogP contribution < -0.4 is 5.32 Å². The highest BCUT2D eigenvalue weighted by atomic mass is 15.2. The molecule has 0 aliphatic heterocycles. The molecule has 0 amide bonds. The van der Waals surface area contributed by atoms with Gasteiger partial charge in [0.1, 0.15) is 5.54 Å². The highest BCUT2D eigenvalue weighted by molar-refractivity contribution is 5.13. The van der Waals surface area contributed by atoms with Crippen molar-refractivity contribution in [1.82, 2.24) is 10.2 Å². The lowest BCUT2D eigenvalue weighted by molar-refractivity contribution is 0.133. The van der Waals surface area contributed by atoms with Gasteiger partial charge < -0.3 is 5.32 Å². The van der Waals surface area contributed by atoms with Crippen molar-refractivity contribution < 1.29 is 0 Å². The summed E-state index contributed by atoms with van der Waals surface area (Å²) in [6.07, 6.45) is 3.08. The lowest BCUT2D eigenvalue weighted by Gasteiger charge is -2.34. The Morgan fingerprint density at radius 3 is 2.41 bits per heavy atom. The van der Waals surface area contributed by atoms with E-state index in [1.165, 1.54) is 0 Å². The smallest absolute Gasteiger partial charge is 0.108 e. The zero-order chi connectivity index (χ0) is 13.1. The zero-order valence-corrected chi connectivity index (χ0v) is 12.0. The van der Waals surface area contributed by atoms with Crippen LogP contribution in [0.4, 0.5) is 0 Å². The molecule has 17 heavy (non-hydrogen) atoms. The molecule has 0 bridgehead atoms. The van der Waals surface area contributed by atoms with Gasteiger partial charge in [-0.15, -0.1) is 0 Å². The molecule has 0 aromatic rings. The molecule has 1 N–H and O–H groups in total. The molecule has 1 aliphatic rings. The van der Waals surface area contributed by atoms with Crippen LogP contribution >= 0.6 is 0 Å². The molecule has 1 fully saturated rings. The Morgan fingerprint density at radius 1 is 1.41 bits per heavy atom. The van der Waals surface area contributed by atoms with Crippen LogP contribution in [0.25, 0.3) is 0 Å². The zero-order valence-electron chi connectivity index (χ0n) is 12.0. The average molecular weight is 237 g/mol. The Balaban J connectivity index is 2.70. The highest BCUT2D eigenvalue weighted by Gasteiger charge is 2.41. The SMILES string of the molecule is CNC1(C#N)CCC(N(CC(C)C)C(C)C)C1. The molecule has 2 unspecified atom stereocenters. The van der Waals surface area contributed by atoms with Crippen LogP contribution in [0.3, 0.4) is 0 Å². The first-order valence-electron chi connectivity index (χ1n) is 6.80. The maximum absolute atomic E-state index is 9.31. The summed E-state index contributed by atoms with van der Waals surface area (Å²) in [5, 5.41) is 12.5. The van der Waals surface area contributed by atoms with Crippen molar-refractivity contribution in [1.29, 1.82) is 5.26 Å². The summed E-state index contributed by atoms with van der Waals surface area (Å²) >= 11 is 0. The van der Waals surface area contributed by atoms with Crippen molar-refractivity contribution in [2.75, 3.05) is 13.6 Å². The molecule has 1 aliphatic carbocycles. The van der Waals surface area contributed by atoms with Gasteiger partial charge in [-0.3, -0.25) is 4.90 Å². The molecule has 2 atom stereocenters. The normalized spacial score (nSPS) is 29.2. The van der Waals surface area contributed by atoms with E-state index in [0.29, 0.717) is 18.0 Å². The molecular formula is C14H27N3. The van der Waals surface area contributed by atoms with Crippen LogP contribution in [0.2, 0.25) is 0 Å². The van der Waals surface area contributed by atoms with E-state index in [0.717, 1.165) is 25.8 Å². The summed E-state index contributed by atoms with van der Waals surface area (Å²) in [4.78, 5) is 2.57. The first-order valence-corrected chi connectivity index (χ1v) is 6.80. The van der Waals surface area contributed by atoms with Crippen molar-refractivity contribution in [3.8, 4) is 6.07 Å².